The molecule has 2 fully saturated rings. The maximum absolute atomic E-state index is 11.4. The van der Waals surface area contributed by atoms with E-state index in [2.05, 4.69) is 0 Å². The van der Waals surface area contributed by atoms with Gasteiger partial charge in [0.2, 0.25) is 0 Å². The Morgan fingerprint density at radius 3 is 2.00 bits per heavy atom. The number of carboxylic acids is 1. The van der Waals surface area contributed by atoms with Gasteiger partial charge >= 0.3 is 5.97 Å². The molecule has 2 aliphatic carbocycles. The predicted octanol–water partition coefficient (Wildman–Crippen LogP) is 3.07. The minimum absolute atomic E-state index is 0.402. The molecule has 0 aromatic rings. The lowest BCUT2D eigenvalue weighted by molar-refractivity contribution is -0.154. The molecule has 0 aromatic heterocycles. The number of rotatable bonds is 3. The number of aliphatic carboxylic acids is 1. The molecule has 2 saturated carbocycles. The van der Waals surface area contributed by atoms with Crippen molar-refractivity contribution in [1.82, 2.24) is 0 Å². The number of carboxylic acid groups (broad SMARTS) is 1. The fraction of sp³-hybridized carbons (Fsp3) is 0.917. The van der Waals surface area contributed by atoms with Crippen LogP contribution in [0.3, 0.4) is 0 Å². The van der Waals surface area contributed by atoms with E-state index in [-0.39, 0.29) is 0 Å². The molecule has 2 heteroatoms. The van der Waals surface area contributed by atoms with Gasteiger partial charge in [0.15, 0.2) is 0 Å². The Balaban J connectivity index is 2.12. The van der Waals surface area contributed by atoms with Crippen LogP contribution in [0.15, 0.2) is 0 Å². The van der Waals surface area contributed by atoms with Crippen molar-refractivity contribution < 1.29 is 9.90 Å². The molecule has 2 aliphatic rings. The summed E-state index contributed by atoms with van der Waals surface area (Å²) in [6.45, 7) is 1.99. The average molecular weight is 196 g/mol. The Kier molecular flexibility index (Phi) is 2.54. The van der Waals surface area contributed by atoms with Crippen LogP contribution in [0.4, 0.5) is 0 Å². The van der Waals surface area contributed by atoms with Crippen molar-refractivity contribution in [2.45, 2.75) is 51.9 Å². The first-order valence-electron chi connectivity index (χ1n) is 5.89. The lowest BCUT2D eigenvalue weighted by atomic mass is 9.67. The molecule has 2 rings (SSSR count). The molecule has 2 nitrogen and oxygen atoms in total. The van der Waals surface area contributed by atoms with Crippen LogP contribution in [0, 0.1) is 17.3 Å². The maximum atomic E-state index is 11.4. The molecule has 1 unspecified atom stereocenters. The van der Waals surface area contributed by atoms with Crippen LogP contribution in [-0.2, 0) is 4.79 Å². The highest BCUT2D eigenvalue weighted by Crippen LogP contribution is 2.53. The Hall–Kier alpha value is -0.530. The smallest absolute Gasteiger partial charge is 0.309 e. The summed E-state index contributed by atoms with van der Waals surface area (Å²) >= 11 is 0. The molecule has 14 heavy (non-hydrogen) atoms. The van der Waals surface area contributed by atoms with Crippen LogP contribution < -0.4 is 0 Å². The van der Waals surface area contributed by atoms with E-state index in [0.717, 1.165) is 25.7 Å². The van der Waals surface area contributed by atoms with Gasteiger partial charge in [-0.2, -0.15) is 0 Å². The number of carbonyl (C=O) groups is 1. The zero-order chi connectivity index (χ0) is 10.2. The summed E-state index contributed by atoms with van der Waals surface area (Å²) in [5.41, 5.74) is -0.402. The van der Waals surface area contributed by atoms with Crippen molar-refractivity contribution in [3.05, 3.63) is 0 Å². The second-order valence-corrected chi connectivity index (χ2v) is 5.20. The second kappa shape index (κ2) is 3.56. The SMILES string of the molecule is CC(C(=O)O)(C1CCCCC1)C1CC1. The number of hydrogen-bond donors (Lipinski definition) is 1. The van der Waals surface area contributed by atoms with E-state index in [4.69, 9.17) is 0 Å². The summed E-state index contributed by atoms with van der Waals surface area (Å²) in [7, 11) is 0. The molecule has 1 atom stereocenters. The van der Waals surface area contributed by atoms with E-state index in [9.17, 15) is 9.90 Å². The molecule has 0 heterocycles. The highest BCUT2D eigenvalue weighted by molar-refractivity contribution is 5.75. The molecule has 0 aliphatic heterocycles. The van der Waals surface area contributed by atoms with E-state index in [1.54, 1.807) is 0 Å². The topological polar surface area (TPSA) is 37.3 Å². The van der Waals surface area contributed by atoms with Crippen molar-refractivity contribution in [2.24, 2.45) is 17.3 Å². The first-order chi connectivity index (χ1) is 6.65. The van der Waals surface area contributed by atoms with Crippen molar-refractivity contribution >= 4 is 5.97 Å². The van der Waals surface area contributed by atoms with Gasteiger partial charge in [-0.1, -0.05) is 19.3 Å². The molecular weight excluding hydrogens is 176 g/mol. The standard InChI is InChI=1S/C12H20O2/c1-12(11(13)14,10-7-8-10)9-5-3-2-4-6-9/h9-10H,2-8H2,1H3,(H,13,14). The van der Waals surface area contributed by atoms with Crippen molar-refractivity contribution in [3.8, 4) is 0 Å². The first kappa shape index (κ1) is 10.0. The zero-order valence-electron chi connectivity index (χ0n) is 8.96. The largest absolute Gasteiger partial charge is 0.481 e. The first-order valence-corrected chi connectivity index (χ1v) is 5.89. The molecule has 0 aromatic carbocycles. The van der Waals surface area contributed by atoms with Crippen LogP contribution in [-0.4, -0.2) is 11.1 Å². The van der Waals surface area contributed by atoms with Crippen molar-refractivity contribution in [2.75, 3.05) is 0 Å². The van der Waals surface area contributed by atoms with Gasteiger partial charge in [0.25, 0.3) is 0 Å². The van der Waals surface area contributed by atoms with Gasteiger partial charge in [-0.05, 0) is 44.4 Å². The fourth-order valence-electron chi connectivity index (χ4n) is 3.07. The Bertz CT molecular complexity index is 226. The third-order valence-electron chi connectivity index (χ3n) is 4.34. The average Bonchev–Trinajstić information content (AvgIpc) is 3.01. The Morgan fingerprint density at radius 2 is 1.57 bits per heavy atom. The highest BCUT2D eigenvalue weighted by atomic mass is 16.4. The van der Waals surface area contributed by atoms with Gasteiger partial charge in [-0.15, -0.1) is 0 Å². The van der Waals surface area contributed by atoms with Gasteiger partial charge in [0, 0.05) is 0 Å². The van der Waals surface area contributed by atoms with Gasteiger partial charge < -0.3 is 5.11 Å². The van der Waals surface area contributed by atoms with Crippen molar-refractivity contribution in [3.63, 3.8) is 0 Å². The van der Waals surface area contributed by atoms with E-state index in [0.29, 0.717) is 11.8 Å². The minimum Gasteiger partial charge on any atom is -0.481 e. The lowest BCUT2D eigenvalue weighted by Gasteiger charge is -2.36. The summed E-state index contributed by atoms with van der Waals surface area (Å²) in [5, 5.41) is 9.40. The summed E-state index contributed by atoms with van der Waals surface area (Å²) < 4.78 is 0. The Labute approximate surface area is 85.7 Å². The minimum atomic E-state index is -0.549. The molecule has 80 valence electrons. The third kappa shape index (κ3) is 1.55. The predicted molar refractivity (Wildman–Crippen MR) is 55.0 cm³/mol. The maximum Gasteiger partial charge on any atom is 0.309 e. The molecule has 0 amide bonds. The summed E-state index contributed by atoms with van der Waals surface area (Å²) in [6, 6.07) is 0. The van der Waals surface area contributed by atoms with Crippen LogP contribution in [0.5, 0.6) is 0 Å². The summed E-state index contributed by atoms with van der Waals surface area (Å²) in [6.07, 6.45) is 8.33. The molecule has 0 radical (unpaired) electrons. The molecule has 1 N–H and O–H groups in total. The normalized spacial score (nSPS) is 28.4. The Morgan fingerprint density at radius 1 is 1.07 bits per heavy atom. The molecular formula is C12H20O2. The van der Waals surface area contributed by atoms with Crippen LogP contribution in [0.25, 0.3) is 0 Å². The lowest BCUT2D eigenvalue weighted by Crippen LogP contribution is -2.39. The van der Waals surface area contributed by atoms with Gasteiger partial charge in [-0.3, -0.25) is 4.79 Å². The quantitative estimate of drug-likeness (QED) is 0.753. The fourth-order valence-corrected chi connectivity index (χ4v) is 3.07. The van der Waals surface area contributed by atoms with Gasteiger partial charge in [0.1, 0.15) is 0 Å². The molecule has 0 spiro atoms. The van der Waals surface area contributed by atoms with Crippen LogP contribution >= 0.6 is 0 Å². The van der Waals surface area contributed by atoms with Gasteiger partial charge in [0.05, 0.1) is 5.41 Å². The van der Waals surface area contributed by atoms with E-state index < -0.39 is 11.4 Å². The van der Waals surface area contributed by atoms with Gasteiger partial charge in [-0.25, -0.2) is 0 Å². The molecule has 0 saturated heterocycles. The summed E-state index contributed by atoms with van der Waals surface area (Å²) in [4.78, 5) is 11.4. The van der Waals surface area contributed by atoms with E-state index in [1.807, 2.05) is 6.92 Å². The monoisotopic (exact) mass is 196 g/mol. The van der Waals surface area contributed by atoms with E-state index >= 15 is 0 Å². The third-order valence-corrected chi connectivity index (χ3v) is 4.34. The van der Waals surface area contributed by atoms with Crippen LogP contribution in [0.2, 0.25) is 0 Å². The zero-order valence-corrected chi connectivity index (χ0v) is 8.96. The second-order valence-electron chi connectivity index (χ2n) is 5.20. The summed E-state index contributed by atoms with van der Waals surface area (Å²) in [5.74, 6) is 0.372. The van der Waals surface area contributed by atoms with Crippen LogP contribution in [0.1, 0.15) is 51.9 Å². The van der Waals surface area contributed by atoms with E-state index in [1.165, 1.54) is 19.3 Å². The van der Waals surface area contributed by atoms with Crippen molar-refractivity contribution in [1.29, 1.82) is 0 Å². The number of hydrogen-bond acceptors (Lipinski definition) is 1. The molecule has 0 bridgehead atoms. The highest BCUT2D eigenvalue weighted by Gasteiger charge is 2.52.